The van der Waals surface area contributed by atoms with Gasteiger partial charge in [-0.25, -0.2) is 14.6 Å². The monoisotopic (exact) mass is 619 g/mol. The average molecular weight is 620 g/mol. The van der Waals surface area contributed by atoms with Crippen molar-refractivity contribution in [3.63, 3.8) is 0 Å². The third-order valence-electron chi connectivity index (χ3n) is 9.68. The molecule has 0 spiro atoms. The first kappa shape index (κ1) is 29.3. The third-order valence-corrected chi connectivity index (χ3v) is 9.68. The van der Waals surface area contributed by atoms with Crippen molar-refractivity contribution in [3.8, 4) is 0 Å². The standard InChI is InChI=1S/C35H29N3O8/c1-45-33(43)28-25-27(32(42)37(30(25)40)22-16-10-5-11-17-22)35(34(44)46-2)26-24(23(38(28)35)19-18-20-12-6-3-7-13-20)29(39)36(31(26)41)21-14-8-4-9-15-21/h3-19,23-28H,1-2H3/b19-18+/t23-,24+,25-,26-,27-,28+,35-/m1/s1. The second-order valence-corrected chi connectivity index (χ2v) is 11.7. The maximum atomic E-state index is 14.6. The molecule has 0 aliphatic carbocycles. The molecule has 11 nitrogen and oxygen atoms in total. The lowest BCUT2D eigenvalue weighted by Crippen LogP contribution is -2.63. The summed E-state index contributed by atoms with van der Waals surface area (Å²) in [6.45, 7) is 0. The van der Waals surface area contributed by atoms with Gasteiger partial charge in [0, 0.05) is 6.04 Å². The number of hydrogen-bond acceptors (Lipinski definition) is 9. The summed E-state index contributed by atoms with van der Waals surface area (Å²) < 4.78 is 10.5. The maximum absolute atomic E-state index is 14.6. The number of rotatable bonds is 6. The van der Waals surface area contributed by atoms with E-state index in [4.69, 9.17) is 9.47 Å². The van der Waals surface area contributed by atoms with Crippen LogP contribution in [0.15, 0.2) is 97.1 Å². The zero-order valence-corrected chi connectivity index (χ0v) is 24.9. The summed E-state index contributed by atoms with van der Waals surface area (Å²) in [6, 6.07) is 23.0. The Bertz CT molecular complexity index is 1800. The Morgan fingerprint density at radius 2 is 1.13 bits per heavy atom. The van der Waals surface area contributed by atoms with Gasteiger partial charge in [-0.3, -0.25) is 28.9 Å². The molecule has 0 saturated carbocycles. The molecule has 4 aliphatic heterocycles. The number of para-hydroxylation sites is 2. The van der Waals surface area contributed by atoms with Gasteiger partial charge in [0.15, 0.2) is 0 Å². The summed E-state index contributed by atoms with van der Waals surface area (Å²) in [5, 5.41) is 0. The molecular weight excluding hydrogens is 590 g/mol. The zero-order valence-electron chi connectivity index (χ0n) is 24.9. The quantitative estimate of drug-likeness (QED) is 0.302. The molecule has 0 radical (unpaired) electrons. The Morgan fingerprint density at radius 3 is 1.63 bits per heavy atom. The van der Waals surface area contributed by atoms with Gasteiger partial charge in [-0.15, -0.1) is 0 Å². The van der Waals surface area contributed by atoms with Crippen LogP contribution in [0.3, 0.4) is 0 Å². The molecule has 0 N–H and O–H groups in total. The molecule has 4 saturated heterocycles. The molecule has 7 atom stereocenters. The van der Waals surface area contributed by atoms with Crippen LogP contribution in [-0.2, 0) is 38.2 Å². The van der Waals surface area contributed by atoms with E-state index in [0.29, 0.717) is 5.69 Å². The van der Waals surface area contributed by atoms with Crippen molar-refractivity contribution in [1.29, 1.82) is 0 Å². The maximum Gasteiger partial charge on any atom is 0.328 e. The molecule has 232 valence electrons. The first-order valence-electron chi connectivity index (χ1n) is 14.8. The normalized spacial score (nSPS) is 30.1. The Labute approximate surface area is 264 Å². The van der Waals surface area contributed by atoms with E-state index in [1.54, 1.807) is 72.8 Å². The SMILES string of the molecule is COC(=O)[C@@H]1[C@@H]2C(=O)N(c3ccccc3)C(=O)[C@@H]2[C@@]2(C(=O)OC)[C@H]3C(=O)N(c4ccccc4)C(=O)[C@H]3[C@@H](/C=C/c3ccccc3)N12. The van der Waals surface area contributed by atoms with E-state index in [1.807, 2.05) is 30.3 Å². The van der Waals surface area contributed by atoms with E-state index in [2.05, 4.69) is 0 Å². The minimum absolute atomic E-state index is 0.247. The first-order chi connectivity index (χ1) is 22.3. The highest BCUT2D eigenvalue weighted by molar-refractivity contribution is 6.29. The number of esters is 2. The molecule has 4 aliphatic rings. The number of carbonyl (C=O) groups is 6. The number of ether oxygens (including phenoxy) is 2. The summed E-state index contributed by atoms with van der Waals surface area (Å²) in [5.74, 6) is -10.3. The van der Waals surface area contributed by atoms with Gasteiger partial charge in [0.05, 0.1) is 49.3 Å². The van der Waals surface area contributed by atoms with Gasteiger partial charge in [-0.1, -0.05) is 78.9 Å². The van der Waals surface area contributed by atoms with Crippen LogP contribution < -0.4 is 9.80 Å². The molecule has 4 heterocycles. The second kappa shape index (κ2) is 10.9. The van der Waals surface area contributed by atoms with Crippen LogP contribution in [0.4, 0.5) is 11.4 Å². The predicted octanol–water partition coefficient (Wildman–Crippen LogP) is 2.46. The average Bonchev–Trinajstić information content (AvgIpc) is 3.73. The van der Waals surface area contributed by atoms with E-state index in [9.17, 15) is 28.8 Å². The number of methoxy groups -OCH3 is 2. The number of amides is 4. The van der Waals surface area contributed by atoms with Crippen LogP contribution in [0, 0.1) is 23.7 Å². The molecule has 3 aromatic rings. The molecule has 0 unspecified atom stereocenters. The lowest BCUT2D eigenvalue weighted by Gasteiger charge is -2.40. The Balaban J connectivity index is 1.49. The van der Waals surface area contributed by atoms with Gasteiger partial charge in [0.2, 0.25) is 23.6 Å². The van der Waals surface area contributed by atoms with Crippen molar-refractivity contribution in [2.24, 2.45) is 23.7 Å². The lowest BCUT2D eigenvalue weighted by atomic mass is 9.70. The summed E-state index contributed by atoms with van der Waals surface area (Å²) in [4.78, 5) is 89.2. The van der Waals surface area contributed by atoms with Gasteiger partial charge in [-0.2, -0.15) is 0 Å². The summed E-state index contributed by atoms with van der Waals surface area (Å²) >= 11 is 0. The van der Waals surface area contributed by atoms with Crippen LogP contribution in [0.25, 0.3) is 6.08 Å². The fourth-order valence-corrected chi connectivity index (χ4v) is 8.05. The number of anilines is 2. The number of hydrogen-bond donors (Lipinski definition) is 0. The summed E-state index contributed by atoms with van der Waals surface area (Å²) in [6.07, 6.45) is 3.37. The van der Waals surface area contributed by atoms with Crippen molar-refractivity contribution < 1.29 is 38.2 Å². The van der Waals surface area contributed by atoms with E-state index in [0.717, 1.165) is 29.6 Å². The van der Waals surface area contributed by atoms with Crippen LogP contribution in [0.5, 0.6) is 0 Å². The van der Waals surface area contributed by atoms with Crippen LogP contribution in [0.1, 0.15) is 5.56 Å². The number of carbonyl (C=O) groups excluding carboxylic acids is 6. The highest BCUT2D eigenvalue weighted by Gasteiger charge is 2.85. The van der Waals surface area contributed by atoms with Crippen molar-refractivity contribution in [3.05, 3.63) is 103 Å². The Hall–Kier alpha value is -5.42. The van der Waals surface area contributed by atoms with Crippen LogP contribution >= 0.6 is 0 Å². The molecule has 0 aromatic heterocycles. The van der Waals surface area contributed by atoms with Gasteiger partial charge < -0.3 is 9.47 Å². The molecule has 46 heavy (non-hydrogen) atoms. The largest absolute Gasteiger partial charge is 0.468 e. The van der Waals surface area contributed by atoms with Crippen molar-refractivity contribution in [2.45, 2.75) is 17.6 Å². The Kier molecular flexibility index (Phi) is 6.93. The van der Waals surface area contributed by atoms with Crippen LogP contribution in [0.2, 0.25) is 0 Å². The van der Waals surface area contributed by atoms with Gasteiger partial charge in [-0.05, 0) is 29.8 Å². The topological polar surface area (TPSA) is 131 Å². The zero-order chi connectivity index (χ0) is 32.3. The second-order valence-electron chi connectivity index (χ2n) is 11.7. The van der Waals surface area contributed by atoms with E-state index in [1.165, 1.54) is 4.90 Å². The smallest absolute Gasteiger partial charge is 0.328 e. The van der Waals surface area contributed by atoms with Gasteiger partial charge in [0.1, 0.15) is 11.6 Å². The molecule has 11 heteroatoms. The van der Waals surface area contributed by atoms with Gasteiger partial charge >= 0.3 is 11.9 Å². The molecule has 7 rings (SSSR count). The third kappa shape index (κ3) is 3.81. The fraction of sp³-hybridized carbons (Fsp3) is 0.257. The molecule has 3 aromatic carbocycles. The molecule has 0 bridgehead atoms. The summed E-state index contributed by atoms with van der Waals surface area (Å²) in [5.41, 5.74) is -0.899. The highest BCUT2D eigenvalue weighted by atomic mass is 16.5. The first-order valence-corrected chi connectivity index (χ1v) is 14.8. The minimum atomic E-state index is -2.19. The molecule has 4 fully saturated rings. The minimum Gasteiger partial charge on any atom is -0.468 e. The van der Waals surface area contributed by atoms with Crippen molar-refractivity contribution >= 4 is 53.0 Å². The summed E-state index contributed by atoms with van der Waals surface area (Å²) in [7, 11) is 2.26. The Morgan fingerprint density at radius 1 is 0.652 bits per heavy atom. The molecule has 4 amide bonds. The van der Waals surface area contributed by atoms with Crippen LogP contribution in [-0.4, -0.2) is 72.3 Å². The predicted molar refractivity (Wildman–Crippen MR) is 163 cm³/mol. The van der Waals surface area contributed by atoms with Crippen molar-refractivity contribution in [2.75, 3.05) is 24.0 Å². The number of imide groups is 2. The molecular formula is C35H29N3O8. The number of benzene rings is 3. The van der Waals surface area contributed by atoms with E-state index < -0.39 is 76.9 Å². The highest BCUT2D eigenvalue weighted by Crippen LogP contribution is 2.63. The van der Waals surface area contributed by atoms with E-state index in [-0.39, 0.29) is 5.69 Å². The number of nitrogens with zero attached hydrogens (tertiary/aromatic N) is 3. The fourth-order valence-electron chi connectivity index (χ4n) is 8.05. The lowest BCUT2D eigenvalue weighted by molar-refractivity contribution is -0.164. The van der Waals surface area contributed by atoms with Crippen molar-refractivity contribution in [1.82, 2.24) is 4.90 Å². The van der Waals surface area contributed by atoms with Gasteiger partial charge in [0.25, 0.3) is 0 Å². The number of fused-ring (bicyclic) bond motifs is 5. The van der Waals surface area contributed by atoms with E-state index >= 15 is 0 Å².